The molecular weight excluding hydrogens is 455 g/mol. The molecule has 0 aromatic heterocycles. The van der Waals surface area contributed by atoms with Gasteiger partial charge in [0.05, 0.1) is 26.9 Å². The molecule has 10 heteroatoms. The van der Waals surface area contributed by atoms with Gasteiger partial charge in [0.1, 0.15) is 6.04 Å². The van der Waals surface area contributed by atoms with Gasteiger partial charge in [0.25, 0.3) is 17.7 Å². The van der Waals surface area contributed by atoms with E-state index in [0.29, 0.717) is 5.02 Å². The van der Waals surface area contributed by atoms with Crippen molar-refractivity contribution in [3.05, 3.63) is 62.1 Å². The lowest BCUT2D eigenvalue weighted by atomic mass is 10.1. The van der Waals surface area contributed by atoms with Crippen LogP contribution in [0, 0.1) is 6.92 Å². The van der Waals surface area contributed by atoms with Gasteiger partial charge < -0.3 is 10.1 Å². The minimum absolute atomic E-state index is 0.113. The third-order valence-corrected chi connectivity index (χ3v) is 5.23. The van der Waals surface area contributed by atoms with Crippen molar-refractivity contribution >= 4 is 64.2 Å². The molecule has 0 aliphatic carbocycles. The van der Waals surface area contributed by atoms with Crippen LogP contribution in [0.25, 0.3) is 0 Å². The molecule has 1 aliphatic heterocycles. The van der Waals surface area contributed by atoms with Gasteiger partial charge in [-0.05, 0) is 38.1 Å². The van der Waals surface area contributed by atoms with Crippen LogP contribution in [0.3, 0.4) is 0 Å². The Labute approximate surface area is 186 Å². The largest absolute Gasteiger partial charge is 0.454 e. The number of imide groups is 1. The SMILES string of the molecule is Cc1ccc2c(c1)C(=O)N(C(C)C(=O)OCC(=O)Nc1c(Cl)cc(Cl)cc1Cl)C2=O. The molecule has 1 N–H and O–H groups in total. The minimum Gasteiger partial charge on any atom is -0.454 e. The number of carbonyl (C=O) groups is 4. The fourth-order valence-corrected chi connectivity index (χ4v) is 3.84. The van der Waals surface area contributed by atoms with Crippen molar-refractivity contribution in [3.8, 4) is 0 Å². The Bertz CT molecular complexity index is 1060. The number of nitrogens with zero attached hydrogens (tertiary/aromatic N) is 1. The maximum Gasteiger partial charge on any atom is 0.329 e. The van der Waals surface area contributed by atoms with Crippen molar-refractivity contribution in [2.24, 2.45) is 0 Å². The van der Waals surface area contributed by atoms with Crippen LogP contribution >= 0.6 is 34.8 Å². The van der Waals surface area contributed by atoms with Gasteiger partial charge in [-0.1, -0.05) is 46.4 Å². The molecule has 0 saturated heterocycles. The predicted molar refractivity (Wildman–Crippen MR) is 112 cm³/mol. The highest BCUT2D eigenvalue weighted by Crippen LogP contribution is 2.33. The number of carbonyl (C=O) groups excluding carboxylic acids is 4. The van der Waals surface area contributed by atoms with E-state index in [4.69, 9.17) is 39.5 Å². The summed E-state index contributed by atoms with van der Waals surface area (Å²) in [6, 6.07) is 6.39. The van der Waals surface area contributed by atoms with Crippen LogP contribution in [0.4, 0.5) is 5.69 Å². The molecule has 3 amide bonds. The Kier molecular flexibility index (Phi) is 6.36. The maximum absolute atomic E-state index is 12.6. The topological polar surface area (TPSA) is 92.8 Å². The average molecular weight is 470 g/mol. The van der Waals surface area contributed by atoms with Gasteiger partial charge in [-0.15, -0.1) is 0 Å². The summed E-state index contributed by atoms with van der Waals surface area (Å²) in [5, 5.41) is 2.94. The number of rotatable bonds is 5. The molecule has 0 spiro atoms. The molecule has 0 bridgehead atoms. The molecule has 0 radical (unpaired) electrons. The highest BCUT2D eigenvalue weighted by molar-refractivity contribution is 6.42. The number of hydrogen-bond acceptors (Lipinski definition) is 5. The molecular formula is C20H15Cl3N2O5. The number of halogens is 3. The summed E-state index contributed by atoms with van der Waals surface area (Å²) >= 11 is 17.8. The molecule has 0 fully saturated rings. The first-order chi connectivity index (χ1) is 14.1. The van der Waals surface area contributed by atoms with Crippen LogP contribution < -0.4 is 5.32 Å². The quantitative estimate of drug-likeness (QED) is 0.525. The lowest BCUT2D eigenvalue weighted by Gasteiger charge is -2.20. The molecule has 30 heavy (non-hydrogen) atoms. The Morgan fingerprint density at radius 2 is 1.63 bits per heavy atom. The number of ether oxygens (including phenoxy) is 1. The van der Waals surface area contributed by atoms with Crippen LogP contribution in [-0.4, -0.2) is 41.2 Å². The number of anilines is 1. The Hall–Kier alpha value is -2.61. The van der Waals surface area contributed by atoms with Crippen LogP contribution in [0.15, 0.2) is 30.3 Å². The highest BCUT2D eigenvalue weighted by Gasteiger charge is 2.41. The molecule has 7 nitrogen and oxygen atoms in total. The second kappa shape index (κ2) is 8.63. The third-order valence-electron chi connectivity index (χ3n) is 4.42. The van der Waals surface area contributed by atoms with Gasteiger partial charge in [0, 0.05) is 5.02 Å². The molecule has 2 aromatic rings. The summed E-state index contributed by atoms with van der Waals surface area (Å²) in [6.07, 6.45) is 0. The monoisotopic (exact) mass is 468 g/mol. The summed E-state index contributed by atoms with van der Waals surface area (Å²) < 4.78 is 4.96. The van der Waals surface area contributed by atoms with Crippen molar-refractivity contribution in [1.29, 1.82) is 0 Å². The zero-order chi connectivity index (χ0) is 22.2. The summed E-state index contributed by atoms with van der Waals surface area (Å²) in [7, 11) is 0. The van der Waals surface area contributed by atoms with Crippen molar-refractivity contribution < 1.29 is 23.9 Å². The van der Waals surface area contributed by atoms with Crippen molar-refractivity contribution in [1.82, 2.24) is 4.90 Å². The average Bonchev–Trinajstić information content (AvgIpc) is 2.92. The zero-order valence-corrected chi connectivity index (χ0v) is 18.1. The van der Waals surface area contributed by atoms with E-state index in [2.05, 4.69) is 5.32 Å². The van der Waals surface area contributed by atoms with Gasteiger partial charge in [-0.25, -0.2) is 4.79 Å². The molecule has 3 rings (SSSR count). The number of fused-ring (bicyclic) bond motifs is 1. The van der Waals surface area contributed by atoms with Crippen LogP contribution in [0.5, 0.6) is 0 Å². The van der Waals surface area contributed by atoms with Crippen molar-refractivity contribution in [3.63, 3.8) is 0 Å². The fourth-order valence-electron chi connectivity index (χ4n) is 2.92. The standard InChI is InChI=1S/C20H15Cl3N2O5/c1-9-3-4-12-13(5-9)19(28)25(18(12)27)10(2)20(29)30-8-16(26)24-17-14(22)6-11(21)7-15(17)23/h3-7,10H,8H2,1-2H3,(H,24,26). The van der Waals surface area contributed by atoms with Crippen LogP contribution in [0.2, 0.25) is 15.1 Å². The number of hydrogen-bond donors (Lipinski definition) is 1. The molecule has 1 aliphatic rings. The molecule has 1 unspecified atom stereocenters. The molecule has 1 atom stereocenters. The van der Waals surface area contributed by atoms with Gasteiger partial charge in [0.2, 0.25) is 0 Å². The van der Waals surface area contributed by atoms with Gasteiger partial charge in [-0.3, -0.25) is 19.3 Å². The van der Waals surface area contributed by atoms with E-state index >= 15 is 0 Å². The van der Waals surface area contributed by atoms with E-state index in [0.717, 1.165) is 10.5 Å². The number of amides is 3. The maximum atomic E-state index is 12.6. The first-order valence-corrected chi connectivity index (χ1v) is 9.83. The van der Waals surface area contributed by atoms with Crippen molar-refractivity contribution in [2.75, 3.05) is 11.9 Å². The fraction of sp³-hybridized carbons (Fsp3) is 0.200. The van der Waals surface area contributed by atoms with E-state index in [-0.39, 0.29) is 26.9 Å². The highest BCUT2D eigenvalue weighted by atomic mass is 35.5. The summed E-state index contributed by atoms with van der Waals surface area (Å²) in [4.78, 5) is 50.4. The van der Waals surface area contributed by atoms with Gasteiger partial charge >= 0.3 is 5.97 Å². The molecule has 2 aromatic carbocycles. The molecule has 156 valence electrons. The second-order valence-electron chi connectivity index (χ2n) is 6.61. The number of aryl methyl sites for hydroxylation is 1. The van der Waals surface area contributed by atoms with E-state index in [1.54, 1.807) is 19.1 Å². The van der Waals surface area contributed by atoms with E-state index in [1.165, 1.54) is 25.1 Å². The first-order valence-electron chi connectivity index (χ1n) is 8.69. The predicted octanol–water partition coefficient (Wildman–Crippen LogP) is 4.12. The van der Waals surface area contributed by atoms with Crippen LogP contribution in [-0.2, 0) is 14.3 Å². The lowest BCUT2D eigenvalue weighted by molar-refractivity contribution is -0.150. The van der Waals surface area contributed by atoms with E-state index in [1.807, 2.05) is 0 Å². The lowest BCUT2D eigenvalue weighted by Crippen LogP contribution is -2.44. The minimum atomic E-state index is -1.21. The Morgan fingerprint density at radius 3 is 2.27 bits per heavy atom. The third kappa shape index (κ3) is 4.28. The molecule has 0 saturated carbocycles. The normalized spacial score (nSPS) is 13.8. The molecule has 1 heterocycles. The van der Waals surface area contributed by atoms with E-state index < -0.39 is 36.3 Å². The summed E-state index contributed by atoms with van der Waals surface area (Å²) in [6.45, 7) is 2.47. The van der Waals surface area contributed by atoms with Gasteiger partial charge in [0.15, 0.2) is 6.61 Å². The Morgan fingerprint density at radius 1 is 1.03 bits per heavy atom. The van der Waals surface area contributed by atoms with Crippen LogP contribution in [0.1, 0.15) is 33.2 Å². The number of esters is 1. The summed E-state index contributed by atoms with van der Waals surface area (Å²) in [5.41, 5.74) is 1.37. The first kappa shape index (κ1) is 22.1. The second-order valence-corrected chi connectivity index (χ2v) is 7.86. The zero-order valence-electron chi connectivity index (χ0n) is 15.8. The Balaban J connectivity index is 1.63. The van der Waals surface area contributed by atoms with Gasteiger partial charge in [-0.2, -0.15) is 0 Å². The number of nitrogens with one attached hydrogen (secondary N) is 1. The summed E-state index contributed by atoms with van der Waals surface area (Å²) in [5.74, 6) is -2.81. The smallest absolute Gasteiger partial charge is 0.329 e. The van der Waals surface area contributed by atoms with Crippen molar-refractivity contribution in [2.45, 2.75) is 19.9 Å². The van der Waals surface area contributed by atoms with E-state index in [9.17, 15) is 19.2 Å². The number of benzene rings is 2.